The number of fused-ring (bicyclic) bond motifs is 1. The number of benzene rings is 1. The van der Waals surface area contributed by atoms with E-state index in [9.17, 15) is 0 Å². The third-order valence-corrected chi connectivity index (χ3v) is 4.22. The summed E-state index contributed by atoms with van der Waals surface area (Å²) in [6.07, 6.45) is 1.42. The zero-order valence-electron chi connectivity index (χ0n) is 9.46. The second-order valence-electron chi connectivity index (χ2n) is 4.61. The fourth-order valence-corrected chi connectivity index (χ4v) is 2.73. The van der Waals surface area contributed by atoms with Gasteiger partial charge < -0.3 is 4.74 Å². The van der Waals surface area contributed by atoms with Gasteiger partial charge in [-0.1, -0.05) is 28.9 Å². The number of halogens is 1. The first-order valence-corrected chi connectivity index (χ1v) is 6.43. The van der Waals surface area contributed by atoms with Crippen molar-refractivity contribution < 1.29 is 4.74 Å². The molecule has 0 N–H and O–H groups in total. The van der Waals surface area contributed by atoms with Crippen LogP contribution in [0.2, 0.25) is 0 Å². The standard InChI is InChI=1S/C13H17BrO/c1-8(2)15-11-5-4-10-6-9(3)13(14)12(10)7-11/h4-5,7-9,13H,6H2,1-3H3. The SMILES string of the molecule is CC(C)Oc1ccc2c(c1)C(Br)C(C)C2. The Balaban J connectivity index is 2.27. The van der Waals surface area contributed by atoms with Crippen molar-refractivity contribution in [3.05, 3.63) is 29.3 Å². The van der Waals surface area contributed by atoms with Gasteiger partial charge in [-0.15, -0.1) is 0 Å². The topological polar surface area (TPSA) is 9.23 Å². The van der Waals surface area contributed by atoms with E-state index in [-0.39, 0.29) is 6.10 Å². The average molecular weight is 269 g/mol. The third kappa shape index (κ3) is 2.20. The van der Waals surface area contributed by atoms with Crippen LogP contribution in [0.25, 0.3) is 0 Å². The van der Waals surface area contributed by atoms with Gasteiger partial charge in [0.25, 0.3) is 0 Å². The van der Waals surface area contributed by atoms with Gasteiger partial charge in [-0.2, -0.15) is 0 Å². The van der Waals surface area contributed by atoms with Crippen LogP contribution in [0.4, 0.5) is 0 Å². The highest BCUT2D eigenvalue weighted by Crippen LogP contribution is 2.43. The molecule has 0 heterocycles. The molecule has 1 aliphatic rings. The molecule has 0 fully saturated rings. The predicted molar refractivity (Wildman–Crippen MR) is 66.7 cm³/mol. The Kier molecular flexibility index (Phi) is 3.06. The lowest BCUT2D eigenvalue weighted by Crippen LogP contribution is -2.05. The molecule has 1 aliphatic carbocycles. The van der Waals surface area contributed by atoms with Crippen LogP contribution in [0.5, 0.6) is 5.75 Å². The summed E-state index contributed by atoms with van der Waals surface area (Å²) in [7, 11) is 0. The maximum Gasteiger partial charge on any atom is 0.120 e. The summed E-state index contributed by atoms with van der Waals surface area (Å²) >= 11 is 3.75. The molecule has 2 atom stereocenters. The molecule has 0 amide bonds. The van der Waals surface area contributed by atoms with E-state index >= 15 is 0 Å². The van der Waals surface area contributed by atoms with Crippen molar-refractivity contribution in [2.75, 3.05) is 0 Å². The van der Waals surface area contributed by atoms with Gasteiger partial charge in [0.05, 0.1) is 6.10 Å². The molecule has 0 aromatic heterocycles. The lowest BCUT2D eigenvalue weighted by molar-refractivity contribution is 0.242. The average Bonchev–Trinajstić information content (AvgIpc) is 2.43. The van der Waals surface area contributed by atoms with Crippen molar-refractivity contribution >= 4 is 15.9 Å². The molecular weight excluding hydrogens is 252 g/mol. The molecule has 2 heteroatoms. The van der Waals surface area contributed by atoms with Gasteiger partial charge in [-0.05, 0) is 49.4 Å². The molecule has 15 heavy (non-hydrogen) atoms. The van der Waals surface area contributed by atoms with Crippen molar-refractivity contribution in [2.45, 2.75) is 38.1 Å². The van der Waals surface area contributed by atoms with Crippen LogP contribution in [0.3, 0.4) is 0 Å². The van der Waals surface area contributed by atoms with E-state index < -0.39 is 0 Å². The minimum absolute atomic E-state index is 0.246. The molecule has 0 radical (unpaired) electrons. The first-order chi connectivity index (χ1) is 7.08. The van der Waals surface area contributed by atoms with E-state index in [4.69, 9.17) is 4.74 Å². The largest absolute Gasteiger partial charge is 0.491 e. The van der Waals surface area contributed by atoms with Crippen molar-refractivity contribution in [3.8, 4) is 5.75 Å². The minimum atomic E-state index is 0.246. The minimum Gasteiger partial charge on any atom is -0.491 e. The quantitative estimate of drug-likeness (QED) is 0.734. The number of hydrogen-bond acceptors (Lipinski definition) is 1. The van der Waals surface area contributed by atoms with Gasteiger partial charge in [-0.3, -0.25) is 0 Å². The maximum absolute atomic E-state index is 5.70. The van der Waals surface area contributed by atoms with Crippen LogP contribution in [-0.4, -0.2) is 6.10 Å². The molecule has 2 rings (SSSR count). The first-order valence-electron chi connectivity index (χ1n) is 5.51. The first kappa shape index (κ1) is 11.0. The second kappa shape index (κ2) is 4.17. The summed E-state index contributed by atoms with van der Waals surface area (Å²) in [4.78, 5) is 0.489. The zero-order chi connectivity index (χ0) is 11.0. The summed E-state index contributed by atoms with van der Waals surface area (Å²) in [5.41, 5.74) is 2.86. The van der Waals surface area contributed by atoms with Crippen LogP contribution < -0.4 is 4.74 Å². The smallest absolute Gasteiger partial charge is 0.120 e. The summed E-state index contributed by atoms with van der Waals surface area (Å²) in [6, 6.07) is 6.46. The maximum atomic E-state index is 5.70. The van der Waals surface area contributed by atoms with Crippen LogP contribution in [0, 0.1) is 5.92 Å². The normalized spacial score (nSPS) is 24.3. The molecule has 2 unspecified atom stereocenters. The zero-order valence-corrected chi connectivity index (χ0v) is 11.0. The van der Waals surface area contributed by atoms with Crippen molar-refractivity contribution in [3.63, 3.8) is 0 Å². The fourth-order valence-electron chi connectivity index (χ4n) is 2.12. The molecule has 1 aromatic rings. The molecule has 0 saturated heterocycles. The fraction of sp³-hybridized carbons (Fsp3) is 0.538. The number of hydrogen-bond donors (Lipinski definition) is 0. The van der Waals surface area contributed by atoms with Crippen LogP contribution in [0.1, 0.15) is 36.7 Å². The van der Waals surface area contributed by atoms with Gasteiger partial charge in [0, 0.05) is 4.83 Å². The predicted octanol–water partition coefficient (Wildman–Crippen LogP) is 4.10. The van der Waals surface area contributed by atoms with Gasteiger partial charge in [0.15, 0.2) is 0 Å². The van der Waals surface area contributed by atoms with E-state index in [1.165, 1.54) is 17.5 Å². The van der Waals surface area contributed by atoms with Crippen molar-refractivity contribution in [2.24, 2.45) is 5.92 Å². The molecule has 82 valence electrons. The van der Waals surface area contributed by atoms with Gasteiger partial charge in [0.2, 0.25) is 0 Å². The number of alkyl halides is 1. The van der Waals surface area contributed by atoms with E-state index in [2.05, 4.69) is 54.9 Å². The highest BCUT2D eigenvalue weighted by molar-refractivity contribution is 9.09. The Morgan fingerprint density at radius 2 is 2.13 bits per heavy atom. The van der Waals surface area contributed by atoms with Crippen LogP contribution in [0.15, 0.2) is 18.2 Å². The Bertz CT molecular complexity index is 360. The molecule has 0 aliphatic heterocycles. The molecule has 1 aromatic carbocycles. The van der Waals surface area contributed by atoms with Crippen molar-refractivity contribution in [1.29, 1.82) is 0 Å². The Labute approximate surface area is 100.0 Å². The summed E-state index contributed by atoms with van der Waals surface area (Å²) in [5, 5.41) is 0. The van der Waals surface area contributed by atoms with E-state index in [1.807, 2.05) is 0 Å². The molecular formula is C13H17BrO. The van der Waals surface area contributed by atoms with E-state index in [0.29, 0.717) is 10.7 Å². The van der Waals surface area contributed by atoms with Crippen LogP contribution in [-0.2, 0) is 6.42 Å². The second-order valence-corrected chi connectivity index (χ2v) is 5.60. The molecule has 1 nitrogen and oxygen atoms in total. The van der Waals surface area contributed by atoms with Gasteiger partial charge in [-0.25, -0.2) is 0 Å². The highest BCUT2D eigenvalue weighted by Gasteiger charge is 2.27. The monoisotopic (exact) mass is 268 g/mol. The Hall–Kier alpha value is -0.500. The summed E-state index contributed by atoms with van der Waals surface area (Å²) in [5.74, 6) is 1.68. The number of rotatable bonds is 2. The van der Waals surface area contributed by atoms with E-state index in [0.717, 1.165) is 5.75 Å². The van der Waals surface area contributed by atoms with E-state index in [1.54, 1.807) is 0 Å². The van der Waals surface area contributed by atoms with Crippen LogP contribution >= 0.6 is 15.9 Å². The molecule has 0 bridgehead atoms. The Morgan fingerprint density at radius 1 is 1.40 bits per heavy atom. The van der Waals surface area contributed by atoms with Gasteiger partial charge in [0.1, 0.15) is 5.75 Å². The molecule has 0 spiro atoms. The molecule has 0 saturated carbocycles. The third-order valence-electron chi connectivity index (χ3n) is 2.83. The highest BCUT2D eigenvalue weighted by atomic mass is 79.9. The van der Waals surface area contributed by atoms with Gasteiger partial charge >= 0.3 is 0 Å². The summed E-state index contributed by atoms with van der Waals surface area (Å²) in [6.45, 7) is 6.39. The lowest BCUT2D eigenvalue weighted by atomic mass is 10.1. The van der Waals surface area contributed by atoms with Crippen molar-refractivity contribution in [1.82, 2.24) is 0 Å². The Morgan fingerprint density at radius 3 is 2.80 bits per heavy atom. The lowest BCUT2D eigenvalue weighted by Gasteiger charge is -2.12. The summed E-state index contributed by atoms with van der Waals surface area (Å²) < 4.78 is 5.70. The number of ether oxygens (including phenoxy) is 1.